The quantitative estimate of drug-likeness (QED) is 0.768. The number of thiophene rings is 1. The first-order chi connectivity index (χ1) is 10.2. The highest BCUT2D eigenvalue weighted by Gasteiger charge is 2.24. The van der Waals surface area contributed by atoms with Crippen molar-refractivity contribution in [2.45, 2.75) is 20.3 Å². The second kappa shape index (κ2) is 4.74. The fraction of sp³-hybridized carbons (Fsp3) is 0.235. The Morgan fingerprint density at radius 1 is 1.14 bits per heavy atom. The molecular formula is C17H17N3S. The largest absolute Gasteiger partial charge is 0.369 e. The average molecular weight is 295 g/mol. The lowest BCUT2D eigenvalue weighted by Gasteiger charge is -2.06. The van der Waals surface area contributed by atoms with Crippen LogP contribution in [-0.2, 0) is 6.42 Å². The molecule has 1 N–H and O–H groups in total. The predicted octanol–water partition coefficient (Wildman–Crippen LogP) is 4.19. The molecule has 0 saturated heterocycles. The van der Waals surface area contributed by atoms with E-state index in [-0.39, 0.29) is 0 Å². The first kappa shape index (κ1) is 12.7. The van der Waals surface area contributed by atoms with Crippen LogP contribution in [0.2, 0.25) is 0 Å². The van der Waals surface area contributed by atoms with Gasteiger partial charge in [-0.2, -0.15) is 5.10 Å². The van der Waals surface area contributed by atoms with Gasteiger partial charge in [-0.05, 0) is 49.4 Å². The molecule has 0 spiro atoms. The van der Waals surface area contributed by atoms with Gasteiger partial charge in [0.1, 0.15) is 11.5 Å². The van der Waals surface area contributed by atoms with Gasteiger partial charge in [-0.15, -0.1) is 11.3 Å². The van der Waals surface area contributed by atoms with E-state index in [1.54, 1.807) is 11.3 Å². The number of aromatic nitrogens is 2. The summed E-state index contributed by atoms with van der Waals surface area (Å²) in [5.74, 6) is 1.15. The number of benzene rings is 1. The van der Waals surface area contributed by atoms with E-state index in [0.717, 1.165) is 30.2 Å². The van der Waals surface area contributed by atoms with E-state index in [4.69, 9.17) is 5.10 Å². The minimum absolute atomic E-state index is 0.996. The topological polar surface area (TPSA) is 29.9 Å². The van der Waals surface area contributed by atoms with Crippen LogP contribution in [0.4, 0.5) is 5.82 Å². The Bertz CT molecular complexity index is 796. The Morgan fingerprint density at radius 2 is 1.95 bits per heavy atom. The molecule has 0 fully saturated rings. The van der Waals surface area contributed by atoms with Gasteiger partial charge in [-0.1, -0.05) is 17.7 Å². The van der Waals surface area contributed by atoms with Gasteiger partial charge in [0.15, 0.2) is 0 Å². The van der Waals surface area contributed by atoms with Crippen LogP contribution in [-0.4, -0.2) is 16.3 Å². The van der Waals surface area contributed by atoms with Gasteiger partial charge in [0.25, 0.3) is 0 Å². The Balaban J connectivity index is 1.88. The van der Waals surface area contributed by atoms with Crippen molar-refractivity contribution in [1.29, 1.82) is 0 Å². The van der Waals surface area contributed by atoms with Gasteiger partial charge in [0.05, 0.1) is 10.6 Å². The van der Waals surface area contributed by atoms with Crippen LogP contribution in [0.3, 0.4) is 0 Å². The summed E-state index contributed by atoms with van der Waals surface area (Å²) in [7, 11) is 0. The van der Waals surface area contributed by atoms with Gasteiger partial charge in [-0.3, -0.25) is 0 Å². The normalized spacial score (nSPS) is 13.2. The van der Waals surface area contributed by atoms with E-state index in [1.807, 2.05) is 4.68 Å². The molecule has 2 aromatic heterocycles. The highest BCUT2D eigenvalue weighted by atomic mass is 32.1. The van der Waals surface area contributed by atoms with Gasteiger partial charge < -0.3 is 5.32 Å². The van der Waals surface area contributed by atoms with Crippen molar-refractivity contribution in [3.05, 3.63) is 52.4 Å². The highest BCUT2D eigenvalue weighted by molar-refractivity contribution is 7.13. The van der Waals surface area contributed by atoms with E-state index in [0.29, 0.717) is 0 Å². The molecule has 0 amide bonds. The highest BCUT2D eigenvalue weighted by Crippen LogP contribution is 2.37. The van der Waals surface area contributed by atoms with E-state index >= 15 is 0 Å². The van der Waals surface area contributed by atoms with Crippen molar-refractivity contribution in [2.24, 2.45) is 0 Å². The molecule has 21 heavy (non-hydrogen) atoms. The molecule has 0 saturated carbocycles. The molecule has 3 aromatic rings. The number of hydrogen-bond acceptors (Lipinski definition) is 3. The zero-order chi connectivity index (χ0) is 14.4. The third-order valence-electron chi connectivity index (χ3n) is 3.89. The molecule has 106 valence electrons. The van der Waals surface area contributed by atoms with Crippen LogP contribution in [0.5, 0.6) is 0 Å². The van der Waals surface area contributed by atoms with E-state index in [2.05, 4.69) is 54.9 Å². The summed E-state index contributed by atoms with van der Waals surface area (Å²) in [5, 5.41) is 10.6. The lowest BCUT2D eigenvalue weighted by Crippen LogP contribution is -2.04. The number of aryl methyl sites for hydroxylation is 2. The standard InChI is InChI=1S/C17H17N3S/c1-11-3-5-13(6-4-11)20-17-14(7-8-18-17)16(19-20)15-9-12(2)10-21-15/h3-6,9-10,18H,7-8H2,1-2H3. The monoisotopic (exact) mass is 295 g/mol. The van der Waals surface area contributed by atoms with Gasteiger partial charge in [0, 0.05) is 12.1 Å². The van der Waals surface area contributed by atoms with E-state index < -0.39 is 0 Å². The third kappa shape index (κ3) is 2.07. The maximum Gasteiger partial charge on any atom is 0.133 e. The van der Waals surface area contributed by atoms with Crippen LogP contribution < -0.4 is 5.32 Å². The molecule has 1 aliphatic rings. The van der Waals surface area contributed by atoms with Crippen molar-refractivity contribution in [3.8, 4) is 16.3 Å². The number of rotatable bonds is 2. The van der Waals surface area contributed by atoms with Crippen molar-refractivity contribution in [1.82, 2.24) is 9.78 Å². The van der Waals surface area contributed by atoms with E-state index in [9.17, 15) is 0 Å². The van der Waals surface area contributed by atoms with Crippen molar-refractivity contribution < 1.29 is 0 Å². The molecule has 4 heteroatoms. The smallest absolute Gasteiger partial charge is 0.133 e. The number of nitrogens with zero attached hydrogens (tertiary/aromatic N) is 2. The number of hydrogen-bond donors (Lipinski definition) is 1. The molecule has 0 bridgehead atoms. The average Bonchev–Trinajstić information content (AvgIpc) is 3.15. The summed E-state index contributed by atoms with van der Waals surface area (Å²) in [6, 6.07) is 10.8. The van der Waals surface area contributed by atoms with Gasteiger partial charge in [-0.25, -0.2) is 4.68 Å². The Morgan fingerprint density at radius 3 is 2.67 bits per heavy atom. The SMILES string of the molecule is Cc1ccc(-n2nc(-c3cc(C)cs3)c3c2NCC3)cc1. The predicted molar refractivity (Wildman–Crippen MR) is 88.5 cm³/mol. The fourth-order valence-electron chi connectivity index (χ4n) is 2.80. The molecule has 3 nitrogen and oxygen atoms in total. The Hall–Kier alpha value is -2.07. The first-order valence-corrected chi connectivity index (χ1v) is 8.08. The summed E-state index contributed by atoms with van der Waals surface area (Å²) < 4.78 is 2.05. The molecule has 1 aromatic carbocycles. The van der Waals surface area contributed by atoms with Crippen LogP contribution in [0.25, 0.3) is 16.3 Å². The molecule has 0 aliphatic carbocycles. The number of fused-ring (bicyclic) bond motifs is 1. The lowest BCUT2D eigenvalue weighted by atomic mass is 10.1. The second-order valence-corrected chi connectivity index (χ2v) is 6.50. The molecule has 0 atom stereocenters. The molecule has 4 rings (SSSR count). The third-order valence-corrected chi connectivity index (χ3v) is 4.95. The fourth-order valence-corrected chi connectivity index (χ4v) is 3.71. The molecule has 1 aliphatic heterocycles. The Kier molecular flexibility index (Phi) is 2.86. The minimum atomic E-state index is 0.996. The Labute approximate surface area is 128 Å². The lowest BCUT2D eigenvalue weighted by molar-refractivity contribution is 0.883. The van der Waals surface area contributed by atoms with Crippen LogP contribution >= 0.6 is 11.3 Å². The van der Waals surface area contributed by atoms with Gasteiger partial charge >= 0.3 is 0 Å². The molecule has 3 heterocycles. The maximum absolute atomic E-state index is 4.88. The minimum Gasteiger partial charge on any atom is -0.369 e. The van der Waals surface area contributed by atoms with Crippen molar-refractivity contribution in [3.63, 3.8) is 0 Å². The summed E-state index contributed by atoms with van der Waals surface area (Å²) >= 11 is 1.78. The van der Waals surface area contributed by atoms with E-state index in [1.165, 1.54) is 21.6 Å². The zero-order valence-electron chi connectivity index (χ0n) is 12.2. The van der Waals surface area contributed by atoms with Crippen LogP contribution in [0, 0.1) is 13.8 Å². The summed E-state index contributed by atoms with van der Waals surface area (Å²) in [4.78, 5) is 1.26. The first-order valence-electron chi connectivity index (χ1n) is 7.21. The number of anilines is 1. The second-order valence-electron chi connectivity index (χ2n) is 5.59. The summed E-state index contributed by atoms with van der Waals surface area (Å²) in [5.41, 5.74) is 6.17. The van der Waals surface area contributed by atoms with Crippen molar-refractivity contribution in [2.75, 3.05) is 11.9 Å². The van der Waals surface area contributed by atoms with Gasteiger partial charge in [0.2, 0.25) is 0 Å². The summed E-state index contributed by atoms with van der Waals surface area (Å²) in [6.07, 6.45) is 1.05. The van der Waals surface area contributed by atoms with Crippen LogP contribution in [0.1, 0.15) is 16.7 Å². The number of nitrogens with one attached hydrogen (secondary N) is 1. The maximum atomic E-state index is 4.88. The molecule has 0 unspecified atom stereocenters. The molecule has 0 radical (unpaired) electrons. The zero-order valence-corrected chi connectivity index (χ0v) is 13.0. The van der Waals surface area contributed by atoms with Crippen molar-refractivity contribution >= 4 is 17.2 Å². The molecular weight excluding hydrogens is 278 g/mol. The summed E-state index contributed by atoms with van der Waals surface area (Å²) in [6.45, 7) is 5.24. The van der Waals surface area contributed by atoms with Crippen LogP contribution in [0.15, 0.2) is 35.7 Å².